The van der Waals surface area contributed by atoms with Crippen LogP contribution in [0.5, 0.6) is 5.75 Å². The minimum atomic E-state index is -0.0346. The Morgan fingerprint density at radius 3 is 2.35 bits per heavy atom. The number of phenols is 1. The van der Waals surface area contributed by atoms with E-state index in [9.17, 15) is 9.90 Å². The SMILES string of the molecule is Cc1cc(C(=O)C=Cc2cc(CC(C)C)c(C)s2)cc(C)c1O. The standard InChI is InChI=1S/C20H24O2S/c1-12(2)8-16-11-18(23-15(16)5)6-7-19(21)17-9-13(3)20(22)14(4)10-17/h6-7,9-12,22H,8H2,1-5H3. The van der Waals surface area contributed by atoms with Crippen molar-refractivity contribution in [1.82, 2.24) is 0 Å². The number of hydrogen-bond donors (Lipinski definition) is 1. The van der Waals surface area contributed by atoms with Crippen molar-refractivity contribution in [1.29, 1.82) is 0 Å². The van der Waals surface area contributed by atoms with Crippen molar-refractivity contribution in [3.63, 3.8) is 0 Å². The number of ketones is 1. The molecule has 0 bridgehead atoms. The van der Waals surface area contributed by atoms with Gasteiger partial charge in [-0.2, -0.15) is 0 Å². The van der Waals surface area contributed by atoms with Crippen molar-refractivity contribution in [3.05, 3.63) is 56.3 Å². The Morgan fingerprint density at radius 1 is 1.17 bits per heavy atom. The number of carbonyl (C=O) groups excluding carboxylic acids is 1. The number of phenolic OH excluding ortho intramolecular Hbond substituents is 1. The number of aryl methyl sites for hydroxylation is 3. The molecular formula is C20H24O2S. The van der Waals surface area contributed by atoms with Crippen LogP contribution >= 0.6 is 11.3 Å². The molecule has 0 saturated heterocycles. The molecule has 1 aromatic heterocycles. The lowest BCUT2D eigenvalue weighted by Crippen LogP contribution is -1.96. The Morgan fingerprint density at radius 2 is 1.78 bits per heavy atom. The third-order valence-corrected chi connectivity index (χ3v) is 4.90. The first-order chi connectivity index (χ1) is 10.8. The van der Waals surface area contributed by atoms with Crippen molar-refractivity contribution >= 4 is 23.2 Å². The molecule has 0 aliphatic rings. The molecule has 0 radical (unpaired) electrons. The molecule has 0 saturated carbocycles. The number of aromatic hydroxyl groups is 1. The second-order valence-electron chi connectivity index (χ2n) is 6.48. The maximum Gasteiger partial charge on any atom is 0.185 e. The first-order valence-corrected chi connectivity index (χ1v) is 8.71. The van der Waals surface area contributed by atoms with Gasteiger partial charge >= 0.3 is 0 Å². The zero-order chi connectivity index (χ0) is 17.1. The smallest absolute Gasteiger partial charge is 0.185 e. The third kappa shape index (κ3) is 4.32. The predicted octanol–water partition coefficient (Wildman–Crippen LogP) is 5.47. The van der Waals surface area contributed by atoms with E-state index < -0.39 is 0 Å². The van der Waals surface area contributed by atoms with Gasteiger partial charge in [0.05, 0.1) is 0 Å². The summed E-state index contributed by atoms with van der Waals surface area (Å²) < 4.78 is 0. The minimum absolute atomic E-state index is 0.0346. The fourth-order valence-electron chi connectivity index (χ4n) is 2.62. The molecule has 0 unspecified atom stereocenters. The van der Waals surface area contributed by atoms with E-state index in [-0.39, 0.29) is 11.5 Å². The highest BCUT2D eigenvalue weighted by Crippen LogP contribution is 2.26. The molecule has 23 heavy (non-hydrogen) atoms. The summed E-state index contributed by atoms with van der Waals surface area (Å²) >= 11 is 1.72. The summed E-state index contributed by atoms with van der Waals surface area (Å²) in [6.07, 6.45) is 4.58. The molecule has 0 aliphatic heterocycles. The summed E-state index contributed by atoms with van der Waals surface area (Å²) in [7, 11) is 0. The third-order valence-electron chi connectivity index (χ3n) is 3.84. The summed E-state index contributed by atoms with van der Waals surface area (Å²) in [5.41, 5.74) is 3.44. The number of allylic oxidation sites excluding steroid dienone is 1. The Balaban J connectivity index is 2.18. The van der Waals surface area contributed by atoms with Gasteiger partial charge in [0.1, 0.15) is 5.75 Å². The molecule has 2 rings (SSSR count). The number of thiophene rings is 1. The Bertz CT molecular complexity index is 728. The summed E-state index contributed by atoms with van der Waals surface area (Å²) in [4.78, 5) is 14.8. The molecule has 0 atom stereocenters. The molecule has 0 amide bonds. The van der Waals surface area contributed by atoms with Crippen LogP contribution < -0.4 is 0 Å². The second-order valence-corrected chi connectivity index (χ2v) is 7.77. The van der Waals surface area contributed by atoms with Gasteiger partial charge in [-0.3, -0.25) is 4.79 Å². The highest BCUT2D eigenvalue weighted by molar-refractivity contribution is 7.13. The second kappa shape index (κ2) is 7.14. The summed E-state index contributed by atoms with van der Waals surface area (Å²) in [6.45, 7) is 10.2. The van der Waals surface area contributed by atoms with Gasteiger partial charge in [0.25, 0.3) is 0 Å². The Hall–Kier alpha value is -1.87. The molecule has 122 valence electrons. The van der Waals surface area contributed by atoms with E-state index in [0.29, 0.717) is 11.5 Å². The van der Waals surface area contributed by atoms with Crippen LogP contribution in [0.25, 0.3) is 6.08 Å². The monoisotopic (exact) mass is 328 g/mol. The summed E-state index contributed by atoms with van der Waals surface area (Å²) in [6, 6.07) is 5.65. The van der Waals surface area contributed by atoms with E-state index in [0.717, 1.165) is 22.4 Å². The number of hydrogen-bond acceptors (Lipinski definition) is 3. The topological polar surface area (TPSA) is 37.3 Å². The van der Waals surface area contributed by atoms with Gasteiger partial charge in [0.2, 0.25) is 0 Å². The van der Waals surface area contributed by atoms with Gasteiger partial charge in [0.15, 0.2) is 5.78 Å². The van der Waals surface area contributed by atoms with Crippen LogP contribution in [-0.4, -0.2) is 10.9 Å². The fraction of sp³-hybridized carbons (Fsp3) is 0.350. The first kappa shape index (κ1) is 17.5. The predicted molar refractivity (Wildman–Crippen MR) is 98.5 cm³/mol. The number of benzene rings is 1. The molecule has 2 aromatic rings. The van der Waals surface area contributed by atoms with Gasteiger partial charge in [0, 0.05) is 15.3 Å². The molecule has 1 aromatic carbocycles. The normalized spacial score (nSPS) is 11.6. The molecule has 0 fully saturated rings. The van der Waals surface area contributed by atoms with E-state index >= 15 is 0 Å². The molecule has 0 spiro atoms. The zero-order valence-corrected chi connectivity index (χ0v) is 15.3. The molecular weight excluding hydrogens is 304 g/mol. The van der Waals surface area contributed by atoms with Crippen molar-refractivity contribution < 1.29 is 9.90 Å². The summed E-state index contributed by atoms with van der Waals surface area (Å²) in [5.74, 6) is 0.857. The van der Waals surface area contributed by atoms with E-state index in [2.05, 4.69) is 26.8 Å². The van der Waals surface area contributed by atoms with E-state index in [1.54, 1.807) is 29.5 Å². The quantitative estimate of drug-likeness (QED) is 0.583. The van der Waals surface area contributed by atoms with Gasteiger partial charge < -0.3 is 5.11 Å². The fourth-order valence-corrected chi connectivity index (χ4v) is 3.59. The number of rotatable bonds is 5. The zero-order valence-electron chi connectivity index (χ0n) is 14.4. The maximum absolute atomic E-state index is 12.3. The van der Waals surface area contributed by atoms with Crippen molar-refractivity contribution in [2.24, 2.45) is 5.92 Å². The number of carbonyl (C=O) groups is 1. The highest BCUT2D eigenvalue weighted by Gasteiger charge is 2.09. The van der Waals surface area contributed by atoms with Crippen molar-refractivity contribution in [3.8, 4) is 5.75 Å². The molecule has 2 nitrogen and oxygen atoms in total. The lowest BCUT2D eigenvalue weighted by molar-refractivity contribution is 0.104. The lowest BCUT2D eigenvalue weighted by Gasteiger charge is -2.05. The highest BCUT2D eigenvalue weighted by atomic mass is 32.1. The molecule has 1 N–H and O–H groups in total. The van der Waals surface area contributed by atoms with Gasteiger partial charge in [-0.05, 0) is 80.2 Å². The van der Waals surface area contributed by atoms with E-state index in [4.69, 9.17) is 0 Å². The van der Waals surface area contributed by atoms with E-state index in [1.807, 2.05) is 19.9 Å². The van der Waals surface area contributed by atoms with Crippen LogP contribution in [-0.2, 0) is 6.42 Å². The molecule has 0 aliphatic carbocycles. The van der Waals surface area contributed by atoms with Crippen LogP contribution in [0.15, 0.2) is 24.3 Å². The van der Waals surface area contributed by atoms with Crippen LogP contribution in [0.1, 0.15) is 50.7 Å². The maximum atomic E-state index is 12.3. The van der Waals surface area contributed by atoms with Crippen LogP contribution in [0.2, 0.25) is 0 Å². The van der Waals surface area contributed by atoms with Crippen LogP contribution in [0.4, 0.5) is 0 Å². The van der Waals surface area contributed by atoms with Gasteiger partial charge in [-0.25, -0.2) is 0 Å². The Labute approximate surface area is 142 Å². The average Bonchev–Trinajstić information content (AvgIpc) is 2.81. The molecule has 3 heteroatoms. The van der Waals surface area contributed by atoms with Crippen LogP contribution in [0, 0.1) is 26.7 Å². The average molecular weight is 328 g/mol. The largest absolute Gasteiger partial charge is 0.507 e. The van der Waals surface area contributed by atoms with Gasteiger partial charge in [-0.1, -0.05) is 13.8 Å². The Kier molecular flexibility index (Phi) is 5.42. The first-order valence-electron chi connectivity index (χ1n) is 7.90. The molecule has 1 heterocycles. The summed E-state index contributed by atoms with van der Waals surface area (Å²) in [5, 5.41) is 9.80. The van der Waals surface area contributed by atoms with Crippen molar-refractivity contribution in [2.45, 2.75) is 41.0 Å². The minimum Gasteiger partial charge on any atom is -0.507 e. The lowest BCUT2D eigenvalue weighted by atomic mass is 10.0. The van der Waals surface area contributed by atoms with Gasteiger partial charge in [-0.15, -0.1) is 11.3 Å². The van der Waals surface area contributed by atoms with Crippen LogP contribution in [0.3, 0.4) is 0 Å². The van der Waals surface area contributed by atoms with E-state index in [1.165, 1.54) is 10.4 Å². The van der Waals surface area contributed by atoms with Crippen molar-refractivity contribution in [2.75, 3.05) is 0 Å².